The van der Waals surface area contributed by atoms with E-state index in [0.29, 0.717) is 18.2 Å². The minimum absolute atomic E-state index is 0.206. The fourth-order valence-corrected chi connectivity index (χ4v) is 2.74. The van der Waals surface area contributed by atoms with Crippen LogP contribution in [0.4, 0.5) is 19.1 Å². The van der Waals surface area contributed by atoms with Gasteiger partial charge >= 0.3 is 6.36 Å². The van der Waals surface area contributed by atoms with Gasteiger partial charge in [-0.05, 0) is 17.7 Å². The zero-order valence-electron chi connectivity index (χ0n) is 14.2. The van der Waals surface area contributed by atoms with Gasteiger partial charge in [-0.3, -0.25) is 4.90 Å². The number of piperazine rings is 1. The van der Waals surface area contributed by atoms with E-state index < -0.39 is 6.36 Å². The number of hydrogen-bond donors (Lipinski definition) is 0. The molecule has 0 N–H and O–H groups in total. The minimum Gasteiger partial charge on any atom is -0.494 e. The van der Waals surface area contributed by atoms with Crippen LogP contribution in [0.2, 0.25) is 0 Å². The molecule has 1 fully saturated rings. The average Bonchev–Trinajstić information content (AvgIpc) is 2.63. The third-order valence-electron chi connectivity index (χ3n) is 4.07. The standard InChI is InChI=1S/C17H19F3N4O2/c1-25-15-10-21-16(22-11-15)24-8-6-23(7-9-24)12-13-2-4-14(5-3-13)26-17(18,19)20/h2-5,10-11H,6-9,12H2,1H3. The maximum atomic E-state index is 12.2. The first-order chi connectivity index (χ1) is 12.4. The summed E-state index contributed by atoms with van der Waals surface area (Å²) in [6, 6.07) is 5.98. The molecular formula is C17H19F3N4O2. The van der Waals surface area contributed by atoms with Gasteiger partial charge in [0.25, 0.3) is 0 Å². The number of benzene rings is 1. The molecular weight excluding hydrogens is 349 g/mol. The number of methoxy groups -OCH3 is 1. The highest BCUT2D eigenvalue weighted by molar-refractivity contribution is 5.32. The summed E-state index contributed by atoms with van der Waals surface area (Å²) in [5.41, 5.74) is 0.939. The zero-order valence-corrected chi connectivity index (χ0v) is 14.2. The first-order valence-electron chi connectivity index (χ1n) is 8.11. The Kier molecular flexibility index (Phi) is 5.46. The Morgan fingerprint density at radius 2 is 1.58 bits per heavy atom. The number of nitrogens with zero attached hydrogens (tertiary/aromatic N) is 4. The molecule has 9 heteroatoms. The van der Waals surface area contributed by atoms with E-state index in [1.165, 1.54) is 12.1 Å². The molecule has 0 amide bonds. The van der Waals surface area contributed by atoms with E-state index >= 15 is 0 Å². The molecule has 140 valence electrons. The van der Waals surface area contributed by atoms with Gasteiger partial charge in [0.05, 0.1) is 19.5 Å². The maximum Gasteiger partial charge on any atom is 0.573 e. The molecule has 2 aromatic rings. The van der Waals surface area contributed by atoms with E-state index in [1.54, 1.807) is 31.6 Å². The Morgan fingerprint density at radius 3 is 2.12 bits per heavy atom. The third-order valence-corrected chi connectivity index (χ3v) is 4.07. The van der Waals surface area contributed by atoms with E-state index in [4.69, 9.17) is 4.74 Å². The van der Waals surface area contributed by atoms with Crippen LogP contribution < -0.4 is 14.4 Å². The van der Waals surface area contributed by atoms with Crippen molar-refractivity contribution in [1.82, 2.24) is 14.9 Å². The van der Waals surface area contributed by atoms with Crippen molar-refractivity contribution in [2.24, 2.45) is 0 Å². The lowest BCUT2D eigenvalue weighted by atomic mass is 10.2. The zero-order chi connectivity index (χ0) is 18.6. The lowest BCUT2D eigenvalue weighted by molar-refractivity contribution is -0.274. The van der Waals surface area contributed by atoms with Crippen LogP contribution in [0.15, 0.2) is 36.7 Å². The molecule has 3 rings (SSSR count). The number of aromatic nitrogens is 2. The molecule has 0 saturated carbocycles. The smallest absolute Gasteiger partial charge is 0.494 e. The summed E-state index contributed by atoms with van der Waals surface area (Å²) in [5.74, 6) is 1.08. The summed E-state index contributed by atoms with van der Waals surface area (Å²) in [7, 11) is 1.57. The van der Waals surface area contributed by atoms with Gasteiger partial charge in [0.15, 0.2) is 5.75 Å². The van der Waals surface area contributed by atoms with Crippen molar-refractivity contribution in [1.29, 1.82) is 0 Å². The largest absolute Gasteiger partial charge is 0.573 e. The van der Waals surface area contributed by atoms with Crippen molar-refractivity contribution < 1.29 is 22.6 Å². The van der Waals surface area contributed by atoms with Crippen molar-refractivity contribution in [2.75, 3.05) is 38.2 Å². The average molecular weight is 368 g/mol. The van der Waals surface area contributed by atoms with Crippen molar-refractivity contribution >= 4 is 5.95 Å². The molecule has 0 unspecified atom stereocenters. The molecule has 0 spiro atoms. The summed E-state index contributed by atoms with van der Waals surface area (Å²) in [5, 5.41) is 0. The van der Waals surface area contributed by atoms with E-state index in [-0.39, 0.29) is 5.75 Å². The molecule has 6 nitrogen and oxygen atoms in total. The Morgan fingerprint density at radius 1 is 0.962 bits per heavy atom. The molecule has 1 aromatic carbocycles. The van der Waals surface area contributed by atoms with Crippen LogP contribution in [-0.4, -0.2) is 54.5 Å². The quantitative estimate of drug-likeness (QED) is 0.809. The number of alkyl halides is 3. The molecule has 2 heterocycles. The first kappa shape index (κ1) is 18.2. The second kappa shape index (κ2) is 7.77. The number of hydrogen-bond acceptors (Lipinski definition) is 6. The minimum atomic E-state index is -4.67. The van der Waals surface area contributed by atoms with Gasteiger partial charge in [0, 0.05) is 32.7 Å². The van der Waals surface area contributed by atoms with Crippen LogP contribution in [0, 0.1) is 0 Å². The summed E-state index contributed by atoms with van der Waals surface area (Å²) < 4.78 is 45.5. The molecule has 0 radical (unpaired) electrons. The molecule has 0 bridgehead atoms. The highest BCUT2D eigenvalue weighted by Crippen LogP contribution is 2.23. The van der Waals surface area contributed by atoms with Crippen LogP contribution in [0.5, 0.6) is 11.5 Å². The van der Waals surface area contributed by atoms with Gasteiger partial charge in [-0.15, -0.1) is 13.2 Å². The van der Waals surface area contributed by atoms with Crippen LogP contribution in [0.1, 0.15) is 5.56 Å². The fourth-order valence-electron chi connectivity index (χ4n) is 2.74. The highest BCUT2D eigenvalue weighted by Gasteiger charge is 2.31. The first-order valence-corrected chi connectivity index (χ1v) is 8.11. The van der Waals surface area contributed by atoms with Gasteiger partial charge in [-0.2, -0.15) is 0 Å². The van der Waals surface area contributed by atoms with Crippen LogP contribution in [0.3, 0.4) is 0 Å². The molecule has 0 aliphatic carbocycles. The number of halogens is 3. The predicted octanol–water partition coefficient (Wildman–Crippen LogP) is 2.71. The molecule has 1 aliphatic heterocycles. The lowest BCUT2D eigenvalue weighted by Crippen LogP contribution is -2.46. The number of rotatable bonds is 5. The number of anilines is 1. The van der Waals surface area contributed by atoms with Gasteiger partial charge < -0.3 is 14.4 Å². The Hall–Kier alpha value is -2.55. The van der Waals surface area contributed by atoms with Gasteiger partial charge in [0.2, 0.25) is 5.95 Å². The van der Waals surface area contributed by atoms with Gasteiger partial charge in [-0.25, -0.2) is 9.97 Å². The second-order valence-corrected chi connectivity index (χ2v) is 5.88. The lowest BCUT2D eigenvalue weighted by Gasteiger charge is -2.34. The summed E-state index contributed by atoms with van der Waals surface area (Å²) in [6.45, 7) is 3.86. The molecule has 1 saturated heterocycles. The van der Waals surface area contributed by atoms with Crippen LogP contribution >= 0.6 is 0 Å². The topological polar surface area (TPSA) is 50.7 Å². The van der Waals surface area contributed by atoms with E-state index in [9.17, 15) is 13.2 Å². The van der Waals surface area contributed by atoms with Gasteiger partial charge in [-0.1, -0.05) is 12.1 Å². The maximum absolute atomic E-state index is 12.2. The number of ether oxygens (including phenoxy) is 2. The van der Waals surface area contributed by atoms with Crippen molar-refractivity contribution in [2.45, 2.75) is 12.9 Å². The predicted molar refractivity (Wildman–Crippen MR) is 89.2 cm³/mol. The summed E-state index contributed by atoms with van der Waals surface area (Å²) in [6.07, 6.45) is -1.39. The van der Waals surface area contributed by atoms with Crippen LogP contribution in [0.25, 0.3) is 0 Å². The van der Waals surface area contributed by atoms with Crippen molar-refractivity contribution in [3.63, 3.8) is 0 Å². The Balaban J connectivity index is 1.50. The third kappa shape index (κ3) is 4.98. The fraction of sp³-hybridized carbons (Fsp3) is 0.412. The van der Waals surface area contributed by atoms with Crippen molar-refractivity contribution in [3.8, 4) is 11.5 Å². The van der Waals surface area contributed by atoms with E-state index in [0.717, 1.165) is 31.7 Å². The molecule has 1 aromatic heterocycles. The van der Waals surface area contributed by atoms with E-state index in [2.05, 4.69) is 24.5 Å². The summed E-state index contributed by atoms with van der Waals surface area (Å²) >= 11 is 0. The normalized spacial score (nSPS) is 15.8. The molecule has 1 aliphatic rings. The molecule has 0 atom stereocenters. The van der Waals surface area contributed by atoms with Gasteiger partial charge in [0.1, 0.15) is 5.75 Å². The van der Waals surface area contributed by atoms with Crippen LogP contribution in [-0.2, 0) is 6.54 Å². The monoisotopic (exact) mass is 368 g/mol. The highest BCUT2D eigenvalue weighted by atomic mass is 19.4. The van der Waals surface area contributed by atoms with Crippen molar-refractivity contribution in [3.05, 3.63) is 42.2 Å². The van der Waals surface area contributed by atoms with E-state index in [1.807, 2.05) is 0 Å². The molecule has 26 heavy (non-hydrogen) atoms. The Labute approximate surface area is 149 Å². The second-order valence-electron chi connectivity index (χ2n) is 5.88. The SMILES string of the molecule is COc1cnc(N2CCN(Cc3ccc(OC(F)(F)F)cc3)CC2)nc1. The summed E-state index contributed by atoms with van der Waals surface area (Å²) in [4.78, 5) is 12.9. The Bertz CT molecular complexity index is 699.